The molecule has 4 rings (SSSR count). The highest BCUT2D eigenvalue weighted by molar-refractivity contribution is 6.17. The van der Waals surface area contributed by atoms with Crippen molar-refractivity contribution in [3.63, 3.8) is 0 Å². The number of nitrogens with zero attached hydrogens (tertiary/aromatic N) is 2. The van der Waals surface area contributed by atoms with Gasteiger partial charge in [-0.05, 0) is 54.9 Å². The van der Waals surface area contributed by atoms with E-state index in [4.69, 9.17) is 10.8 Å². The molecule has 2 heterocycles. The molecule has 2 aliphatic heterocycles. The van der Waals surface area contributed by atoms with Crippen molar-refractivity contribution in [2.45, 2.75) is 44.7 Å². The summed E-state index contributed by atoms with van der Waals surface area (Å²) in [7, 11) is 0. The van der Waals surface area contributed by atoms with Crippen LogP contribution >= 0.6 is 0 Å². The first-order valence-corrected chi connectivity index (χ1v) is 9.26. The number of amidine groups is 2. The number of alkyl halides is 1. The second-order valence-electron chi connectivity index (χ2n) is 7.38. The molecule has 27 heavy (non-hydrogen) atoms. The van der Waals surface area contributed by atoms with E-state index in [1.165, 1.54) is 11.0 Å². The van der Waals surface area contributed by atoms with Crippen molar-refractivity contribution in [1.29, 1.82) is 10.8 Å². The molecule has 3 aliphatic rings. The Morgan fingerprint density at radius 3 is 2.85 bits per heavy atom. The summed E-state index contributed by atoms with van der Waals surface area (Å²) < 4.78 is 28.9. The summed E-state index contributed by atoms with van der Waals surface area (Å²) in [6.45, 7) is 1.60. The van der Waals surface area contributed by atoms with Crippen molar-refractivity contribution in [1.82, 2.24) is 0 Å². The zero-order valence-corrected chi connectivity index (χ0v) is 15.2. The fourth-order valence-corrected chi connectivity index (χ4v) is 4.27. The van der Waals surface area contributed by atoms with Gasteiger partial charge in [-0.3, -0.25) is 20.7 Å². The Bertz CT molecular complexity index is 900. The average Bonchev–Trinajstić information content (AvgIpc) is 2.82. The van der Waals surface area contributed by atoms with Gasteiger partial charge in [0.25, 0.3) is 0 Å². The van der Waals surface area contributed by atoms with Crippen LogP contribution in [0.1, 0.15) is 43.2 Å². The van der Waals surface area contributed by atoms with E-state index in [0.717, 1.165) is 11.1 Å². The lowest BCUT2D eigenvalue weighted by atomic mass is 9.77. The van der Waals surface area contributed by atoms with Gasteiger partial charge < -0.3 is 0 Å². The third-order valence-electron chi connectivity index (χ3n) is 5.62. The molecule has 1 aliphatic carbocycles. The summed E-state index contributed by atoms with van der Waals surface area (Å²) in [5.41, 5.74) is 3.02. The molecule has 3 atom stereocenters. The van der Waals surface area contributed by atoms with Crippen LogP contribution in [0.4, 0.5) is 14.5 Å². The fourth-order valence-electron chi connectivity index (χ4n) is 4.27. The van der Waals surface area contributed by atoms with Gasteiger partial charge in [0.15, 0.2) is 0 Å². The van der Waals surface area contributed by atoms with Crippen molar-refractivity contribution in [3.05, 3.63) is 53.0 Å². The maximum absolute atomic E-state index is 15.1. The molecule has 4 nitrogen and oxygen atoms in total. The van der Waals surface area contributed by atoms with E-state index in [1.807, 2.05) is 6.07 Å². The lowest BCUT2D eigenvalue weighted by Crippen LogP contribution is -2.38. The number of aryl methyl sites for hydroxylation is 1. The van der Waals surface area contributed by atoms with Crippen LogP contribution in [0.5, 0.6) is 0 Å². The third kappa shape index (κ3) is 3.13. The van der Waals surface area contributed by atoms with Crippen LogP contribution in [0.15, 0.2) is 41.1 Å². The minimum absolute atomic E-state index is 0.00881. The summed E-state index contributed by atoms with van der Waals surface area (Å²) in [6.07, 6.45) is 8.11. The first kappa shape index (κ1) is 17.8. The van der Waals surface area contributed by atoms with Gasteiger partial charge in [-0.25, -0.2) is 8.78 Å². The molecule has 2 N–H and O–H groups in total. The maximum atomic E-state index is 15.1. The zero-order chi connectivity index (χ0) is 19.1. The van der Waals surface area contributed by atoms with E-state index in [9.17, 15) is 4.39 Å². The highest BCUT2D eigenvalue weighted by Crippen LogP contribution is 2.41. The van der Waals surface area contributed by atoms with Crippen molar-refractivity contribution < 1.29 is 8.78 Å². The van der Waals surface area contributed by atoms with Gasteiger partial charge >= 0.3 is 0 Å². The molecular weight excluding hydrogens is 346 g/mol. The minimum Gasteiger partial charge on any atom is -0.288 e. The Morgan fingerprint density at radius 1 is 1.26 bits per heavy atom. The van der Waals surface area contributed by atoms with Crippen molar-refractivity contribution >= 4 is 23.6 Å². The number of halogens is 2. The normalized spacial score (nSPS) is 26.9. The smallest absolute Gasteiger partial charge is 0.129 e. The molecule has 0 amide bonds. The molecule has 1 aromatic carbocycles. The predicted octanol–water partition coefficient (Wildman–Crippen LogP) is 4.91. The lowest BCUT2D eigenvalue weighted by Gasteiger charge is -2.33. The molecule has 0 radical (unpaired) electrons. The molecule has 3 unspecified atom stereocenters. The number of hydrogen-bond acceptors (Lipinski definition) is 3. The summed E-state index contributed by atoms with van der Waals surface area (Å²) in [5, 5.41) is 16.0. The van der Waals surface area contributed by atoms with Gasteiger partial charge in [-0.15, -0.1) is 0 Å². The number of rotatable bonds is 1. The molecule has 0 fully saturated rings. The molecule has 140 valence electrons. The van der Waals surface area contributed by atoms with E-state index in [-0.39, 0.29) is 23.5 Å². The fraction of sp³-hybridized carbons (Fsp3) is 0.381. The number of anilines is 1. The number of benzene rings is 1. The summed E-state index contributed by atoms with van der Waals surface area (Å²) in [4.78, 5) is 5.78. The number of aliphatic imine (C=N–C) groups is 1. The molecule has 6 heteroatoms. The Labute approximate surface area is 157 Å². The maximum Gasteiger partial charge on any atom is 0.129 e. The van der Waals surface area contributed by atoms with Gasteiger partial charge in [-0.1, -0.05) is 18.2 Å². The molecular formula is C21H22F2N4. The van der Waals surface area contributed by atoms with Crippen LogP contribution in [0, 0.1) is 22.6 Å². The number of fused-ring (bicyclic) bond motifs is 2. The topological polar surface area (TPSA) is 63.3 Å². The molecule has 1 aromatic rings. The van der Waals surface area contributed by atoms with Crippen molar-refractivity contribution in [2.24, 2.45) is 10.9 Å². The number of nitrogens with one attached hydrogen (secondary N) is 2. The first-order chi connectivity index (χ1) is 13.0. The Hall–Kier alpha value is -2.63. The first-order valence-electron chi connectivity index (χ1n) is 9.26. The summed E-state index contributed by atoms with van der Waals surface area (Å²) in [6, 6.07) is 3.29. The standard InChI is InChI=1S/C21H22F2N4/c1-12(24)27-20-9-19(23)17(8-13(20)3-7-21(27)25)18-11-26-10-14-2-4-15(22)5-6-16(14)18/h2,4,8-11,15-16,18,24-25H,3,5-7H2,1H3. The molecule has 0 saturated heterocycles. The van der Waals surface area contributed by atoms with Crippen molar-refractivity contribution in [2.75, 3.05) is 4.90 Å². The van der Waals surface area contributed by atoms with E-state index in [2.05, 4.69) is 4.99 Å². The van der Waals surface area contributed by atoms with Crippen LogP contribution in [-0.4, -0.2) is 24.1 Å². The minimum atomic E-state index is -0.972. The SMILES string of the molecule is CC(=N)N1C(=N)CCc2cc(C3C=NC=C4C=CC(F)CCC43)c(F)cc21. The largest absolute Gasteiger partial charge is 0.288 e. The van der Waals surface area contributed by atoms with Gasteiger partial charge in [0.2, 0.25) is 0 Å². The quantitative estimate of drug-likeness (QED) is 0.537. The van der Waals surface area contributed by atoms with E-state index >= 15 is 4.39 Å². The Balaban J connectivity index is 1.74. The van der Waals surface area contributed by atoms with E-state index < -0.39 is 6.17 Å². The second-order valence-corrected chi connectivity index (χ2v) is 7.38. The van der Waals surface area contributed by atoms with Crippen LogP contribution in [0.25, 0.3) is 0 Å². The van der Waals surface area contributed by atoms with E-state index in [1.54, 1.807) is 31.5 Å². The number of allylic oxidation sites excluding steroid dienone is 3. The van der Waals surface area contributed by atoms with Crippen LogP contribution in [0.2, 0.25) is 0 Å². The Morgan fingerprint density at radius 2 is 2.07 bits per heavy atom. The zero-order valence-electron chi connectivity index (χ0n) is 15.2. The Kier molecular flexibility index (Phi) is 4.50. The second kappa shape index (κ2) is 6.83. The van der Waals surface area contributed by atoms with Crippen molar-refractivity contribution in [3.8, 4) is 0 Å². The number of hydrogen-bond donors (Lipinski definition) is 2. The monoisotopic (exact) mass is 368 g/mol. The summed E-state index contributed by atoms with van der Waals surface area (Å²) >= 11 is 0. The molecule has 0 saturated carbocycles. The van der Waals surface area contributed by atoms with Crippen LogP contribution in [-0.2, 0) is 6.42 Å². The van der Waals surface area contributed by atoms with Gasteiger partial charge in [0.1, 0.15) is 23.7 Å². The average molecular weight is 368 g/mol. The highest BCUT2D eigenvalue weighted by Gasteiger charge is 2.32. The third-order valence-corrected chi connectivity index (χ3v) is 5.62. The van der Waals surface area contributed by atoms with Gasteiger partial charge in [0.05, 0.1) is 5.69 Å². The molecule has 0 aromatic heterocycles. The van der Waals surface area contributed by atoms with E-state index in [0.29, 0.717) is 42.8 Å². The highest BCUT2D eigenvalue weighted by atomic mass is 19.1. The summed E-state index contributed by atoms with van der Waals surface area (Å²) in [5.74, 6) is -0.0666. The van der Waals surface area contributed by atoms with Crippen LogP contribution < -0.4 is 4.90 Å². The lowest BCUT2D eigenvalue weighted by molar-refractivity contribution is 0.352. The predicted molar refractivity (Wildman–Crippen MR) is 104 cm³/mol. The van der Waals surface area contributed by atoms with Gasteiger partial charge in [-0.2, -0.15) is 0 Å². The van der Waals surface area contributed by atoms with Gasteiger partial charge in [0, 0.05) is 24.8 Å². The van der Waals surface area contributed by atoms with Crippen LogP contribution in [0.3, 0.4) is 0 Å². The molecule has 0 spiro atoms. The molecule has 0 bridgehead atoms.